The Morgan fingerprint density at radius 2 is 1.93 bits per heavy atom. The number of fused-ring (bicyclic) bond motifs is 3. The van der Waals surface area contributed by atoms with Crippen molar-refractivity contribution in [3.8, 4) is 17.0 Å². The highest BCUT2D eigenvalue weighted by Crippen LogP contribution is 2.35. The lowest BCUT2D eigenvalue weighted by Gasteiger charge is -2.28. The van der Waals surface area contributed by atoms with Crippen molar-refractivity contribution in [2.24, 2.45) is 11.1 Å². The summed E-state index contributed by atoms with van der Waals surface area (Å²) in [5, 5.41) is 3.85. The van der Waals surface area contributed by atoms with Gasteiger partial charge >= 0.3 is 0 Å². The van der Waals surface area contributed by atoms with Crippen molar-refractivity contribution in [1.29, 1.82) is 0 Å². The first kappa shape index (κ1) is 31.2. The third kappa shape index (κ3) is 7.47. The molecule has 2 aliphatic heterocycles. The molecule has 2 aromatic carbocycles. The molecule has 3 N–H and O–H groups in total. The standard InChI is InChI=1S/C36H44N4O4/c1-4-5-14-29-35(43)40-23-26(21-31(40)34(37)42)44-32-22-30(25-12-7-6-8-13-25)38-28-17-16-24(20-27(28)32)11-9-18-36(2,3)19-10-15-33(41)39-29/h6-9,11-13,16-17,20,22,26,29,31H,4-5,10,14-15,18-19,21,23H2,1-3H3,(H2,37,42)(H,39,41)/b11-9+/t26-,29+,31+/m1/s1. The van der Waals surface area contributed by atoms with E-state index in [-0.39, 0.29) is 30.2 Å². The Hall–Kier alpha value is -4.20. The van der Waals surface area contributed by atoms with Crippen LogP contribution in [0, 0.1) is 5.41 Å². The molecule has 0 saturated carbocycles. The summed E-state index contributed by atoms with van der Waals surface area (Å²) in [4.78, 5) is 46.0. The number of hydrogen-bond donors (Lipinski definition) is 2. The van der Waals surface area contributed by atoms with E-state index in [4.69, 9.17) is 15.5 Å². The number of aromatic nitrogens is 1. The van der Waals surface area contributed by atoms with Crippen molar-refractivity contribution in [2.75, 3.05) is 6.54 Å². The Morgan fingerprint density at radius 1 is 1.14 bits per heavy atom. The van der Waals surface area contributed by atoms with E-state index in [2.05, 4.69) is 43.4 Å². The maximum absolute atomic E-state index is 13.9. The average molecular weight is 597 g/mol. The molecular formula is C36H44N4O4. The van der Waals surface area contributed by atoms with Crippen molar-refractivity contribution < 1.29 is 19.1 Å². The first-order valence-electron chi connectivity index (χ1n) is 15.9. The van der Waals surface area contributed by atoms with Crippen LogP contribution in [0.5, 0.6) is 5.75 Å². The molecule has 5 rings (SSSR count). The number of carbonyl (C=O) groups is 3. The number of unbranched alkanes of at least 4 members (excludes halogenated alkanes) is 1. The van der Waals surface area contributed by atoms with Crippen LogP contribution in [0.3, 0.4) is 0 Å². The number of nitrogens with zero attached hydrogens (tertiary/aromatic N) is 2. The summed E-state index contributed by atoms with van der Waals surface area (Å²) in [5.74, 6) is -0.363. The predicted molar refractivity (Wildman–Crippen MR) is 174 cm³/mol. The van der Waals surface area contributed by atoms with Gasteiger partial charge in [-0.3, -0.25) is 14.4 Å². The Labute approximate surface area is 260 Å². The number of rotatable bonds is 5. The minimum absolute atomic E-state index is 0.00789. The second-order valence-electron chi connectivity index (χ2n) is 12.9. The Kier molecular flexibility index (Phi) is 9.67. The third-order valence-corrected chi connectivity index (χ3v) is 8.75. The second-order valence-corrected chi connectivity index (χ2v) is 12.9. The van der Waals surface area contributed by atoms with E-state index in [1.54, 1.807) is 0 Å². The number of benzene rings is 2. The van der Waals surface area contributed by atoms with E-state index in [9.17, 15) is 14.4 Å². The SMILES string of the molecule is CCCC[C@@H]1NC(=O)CCCC(C)(C)C/C=C/c2ccc3nc(-c4ccccc4)cc(c3c2)O[C@@H]2C[C@@H](C(N)=O)N(C2)C1=O. The van der Waals surface area contributed by atoms with Crippen LogP contribution >= 0.6 is 0 Å². The van der Waals surface area contributed by atoms with Gasteiger partial charge in [-0.2, -0.15) is 0 Å². The zero-order valence-electron chi connectivity index (χ0n) is 26.1. The lowest BCUT2D eigenvalue weighted by Crippen LogP contribution is -2.53. The van der Waals surface area contributed by atoms with Gasteiger partial charge in [-0.15, -0.1) is 0 Å². The first-order valence-corrected chi connectivity index (χ1v) is 15.9. The summed E-state index contributed by atoms with van der Waals surface area (Å²) in [7, 11) is 0. The molecular weight excluding hydrogens is 552 g/mol. The van der Waals surface area contributed by atoms with Gasteiger partial charge in [0.1, 0.15) is 23.9 Å². The average Bonchev–Trinajstić information content (AvgIpc) is 3.43. The monoisotopic (exact) mass is 596 g/mol. The fourth-order valence-electron chi connectivity index (χ4n) is 6.22. The van der Waals surface area contributed by atoms with Gasteiger partial charge in [0.15, 0.2) is 0 Å². The van der Waals surface area contributed by atoms with E-state index >= 15 is 0 Å². The number of ether oxygens (including phenoxy) is 1. The molecule has 0 unspecified atom stereocenters. The molecule has 1 fully saturated rings. The van der Waals surface area contributed by atoms with E-state index in [0.717, 1.165) is 59.8 Å². The fourth-order valence-corrected chi connectivity index (χ4v) is 6.22. The molecule has 0 radical (unpaired) electrons. The molecule has 1 saturated heterocycles. The minimum atomic E-state index is -0.819. The number of pyridine rings is 1. The molecule has 8 heteroatoms. The lowest BCUT2D eigenvalue weighted by atomic mass is 9.83. The summed E-state index contributed by atoms with van der Waals surface area (Å²) in [6.07, 6.45) is 9.08. The Bertz CT molecular complexity index is 1530. The van der Waals surface area contributed by atoms with Crippen LogP contribution in [-0.4, -0.2) is 52.3 Å². The summed E-state index contributed by atoms with van der Waals surface area (Å²) in [6.45, 7) is 6.66. The lowest BCUT2D eigenvalue weighted by molar-refractivity contribution is -0.140. The molecule has 232 valence electrons. The number of carbonyl (C=O) groups excluding carboxylic acids is 3. The predicted octanol–water partition coefficient (Wildman–Crippen LogP) is 6.02. The molecule has 3 heterocycles. The largest absolute Gasteiger partial charge is 0.488 e. The van der Waals surface area contributed by atoms with Gasteiger partial charge < -0.3 is 20.7 Å². The number of primary amides is 1. The van der Waals surface area contributed by atoms with Crippen LogP contribution in [0.25, 0.3) is 28.2 Å². The quantitative estimate of drug-likeness (QED) is 0.374. The van der Waals surface area contributed by atoms with Crippen molar-refractivity contribution in [3.63, 3.8) is 0 Å². The van der Waals surface area contributed by atoms with E-state index in [1.165, 1.54) is 4.90 Å². The van der Waals surface area contributed by atoms with Gasteiger partial charge in [0.2, 0.25) is 17.7 Å². The molecule has 3 atom stereocenters. The van der Waals surface area contributed by atoms with Gasteiger partial charge in [-0.1, -0.05) is 82.2 Å². The zero-order chi connectivity index (χ0) is 31.3. The molecule has 0 aliphatic carbocycles. The van der Waals surface area contributed by atoms with Crippen molar-refractivity contribution in [1.82, 2.24) is 15.2 Å². The summed E-state index contributed by atoms with van der Waals surface area (Å²) in [6, 6.07) is 16.5. The van der Waals surface area contributed by atoms with Crippen LogP contribution in [0.2, 0.25) is 0 Å². The minimum Gasteiger partial charge on any atom is -0.488 e. The van der Waals surface area contributed by atoms with Crippen LogP contribution < -0.4 is 15.8 Å². The molecule has 3 amide bonds. The summed E-state index contributed by atoms with van der Waals surface area (Å²) >= 11 is 0. The van der Waals surface area contributed by atoms with Gasteiger partial charge in [-0.05, 0) is 48.8 Å². The van der Waals surface area contributed by atoms with E-state index < -0.39 is 24.1 Å². The molecule has 44 heavy (non-hydrogen) atoms. The van der Waals surface area contributed by atoms with Crippen molar-refractivity contribution >= 4 is 34.7 Å². The van der Waals surface area contributed by atoms with Gasteiger partial charge in [-0.25, -0.2) is 4.98 Å². The molecule has 2 aliphatic rings. The number of hydrogen-bond acceptors (Lipinski definition) is 5. The molecule has 1 aromatic heterocycles. The second kappa shape index (κ2) is 13.6. The van der Waals surface area contributed by atoms with Crippen LogP contribution in [0.4, 0.5) is 0 Å². The van der Waals surface area contributed by atoms with E-state index in [0.29, 0.717) is 18.6 Å². The number of nitrogens with one attached hydrogen (secondary N) is 1. The topological polar surface area (TPSA) is 115 Å². The van der Waals surface area contributed by atoms with Gasteiger partial charge in [0, 0.05) is 29.9 Å². The van der Waals surface area contributed by atoms with Gasteiger partial charge in [0.05, 0.1) is 17.8 Å². The van der Waals surface area contributed by atoms with Crippen molar-refractivity contribution in [2.45, 2.75) is 90.3 Å². The molecule has 4 bridgehead atoms. The zero-order valence-corrected chi connectivity index (χ0v) is 26.1. The maximum Gasteiger partial charge on any atom is 0.245 e. The summed E-state index contributed by atoms with van der Waals surface area (Å²) in [5.41, 5.74) is 9.40. The number of allylic oxidation sites excluding steroid dienone is 1. The number of amides is 3. The maximum atomic E-state index is 13.9. The smallest absolute Gasteiger partial charge is 0.245 e. The third-order valence-electron chi connectivity index (χ3n) is 8.75. The Morgan fingerprint density at radius 3 is 2.68 bits per heavy atom. The van der Waals surface area contributed by atoms with Crippen LogP contribution in [-0.2, 0) is 14.4 Å². The van der Waals surface area contributed by atoms with Crippen LogP contribution in [0.1, 0.15) is 77.7 Å². The highest BCUT2D eigenvalue weighted by molar-refractivity contribution is 5.93. The van der Waals surface area contributed by atoms with E-state index in [1.807, 2.05) is 49.4 Å². The Balaban J connectivity index is 1.56. The normalized spacial score (nSPS) is 23.3. The molecule has 0 spiro atoms. The first-order chi connectivity index (χ1) is 21.1. The summed E-state index contributed by atoms with van der Waals surface area (Å²) < 4.78 is 6.65. The van der Waals surface area contributed by atoms with Gasteiger partial charge in [0.25, 0.3) is 0 Å². The fraction of sp³-hybridized carbons (Fsp3) is 0.444. The molecule has 3 aromatic rings. The highest BCUT2D eigenvalue weighted by Gasteiger charge is 2.42. The number of nitrogens with two attached hydrogens (primary N) is 1. The van der Waals surface area contributed by atoms with Crippen LogP contribution in [0.15, 0.2) is 60.7 Å². The highest BCUT2D eigenvalue weighted by atomic mass is 16.5. The molecule has 8 nitrogen and oxygen atoms in total. The van der Waals surface area contributed by atoms with Crippen molar-refractivity contribution in [3.05, 3.63) is 66.2 Å².